The Morgan fingerprint density at radius 1 is 1.32 bits per heavy atom. The third-order valence-electron chi connectivity index (χ3n) is 3.59. The Morgan fingerprint density at radius 2 is 2.00 bits per heavy atom. The summed E-state index contributed by atoms with van der Waals surface area (Å²) in [4.78, 5) is 10.8. The minimum atomic E-state index is -1.07. The van der Waals surface area contributed by atoms with Crippen molar-refractivity contribution in [1.29, 1.82) is 0 Å². The third-order valence-corrected chi connectivity index (χ3v) is 3.90. The fourth-order valence-corrected chi connectivity index (χ4v) is 2.84. The van der Waals surface area contributed by atoms with E-state index < -0.39 is 17.8 Å². The maximum absolute atomic E-state index is 14.3. The van der Waals surface area contributed by atoms with Gasteiger partial charge in [0.1, 0.15) is 5.82 Å². The average molecular weight is 322 g/mol. The van der Waals surface area contributed by atoms with Gasteiger partial charge in [-0.15, -0.1) is 0 Å². The molecule has 0 aromatic heterocycles. The van der Waals surface area contributed by atoms with E-state index in [-0.39, 0.29) is 12.0 Å². The van der Waals surface area contributed by atoms with Crippen LogP contribution in [0.5, 0.6) is 0 Å². The molecule has 0 aliphatic carbocycles. The molecule has 2 aromatic carbocycles. The van der Waals surface area contributed by atoms with E-state index in [0.29, 0.717) is 10.6 Å². The molecule has 0 heterocycles. The largest absolute Gasteiger partial charge is 0.481 e. The fourth-order valence-electron chi connectivity index (χ4n) is 2.51. The highest BCUT2D eigenvalue weighted by Gasteiger charge is 2.19. The van der Waals surface area contributed by atoms with Gasteiger partial charge in [-0.05, 0) is 48.7 Å². The van der Waals surface area contributed by atoms with Crippen molar-refractivity contribution < 1.29 is 14.3 Å². The first kappa shape index (κ1) is 16.5. The van der Waals surface area contributed by atoms with Gasteiger partial charge in [0.25, 0.3) is 0 Å². The molecular formula is C17H17ClFNO2. The summed E-state index contributed by atoms with van der Waals surface area (Å²) in [7, 11) is 0. The van der Waals surface area contributed by atoms with Crippen molar-refractivity contribution in [2.24, 2.45) is 5.73 Å². The Balaban J connectivity index is 2.60. The predicted octanol–water partition coefficient (Wildman–Crippen LogP) is 4.24. The summed E-state index contributed by atoms with van der Waals surface area (Å²) in [6.07, 6.45) is -0.332. The highest BCUT2D eigenvalue weighted by molar-refractivity contribution is 6.33. The van der Waals surface area contributed by atoms with Crippen LogP contribution in [-0.2, 0) is 4.79 Å². The van der Waals surface area contributed by atoms with Crippen molar-refractivity contribution in [3.8, 4) is 11.1 Å². The first-order valence-electron chi connectivity index (χ1n) is 6.84. The van der Waals surface area contributed by atoms with E-state index in [1.807, 2.05) is 19.1 Å². The summed E-state index contributed by atoms with van der Waals surface area (Å²) in [6.45, 7) is 3.54. The van der Waals surface area contributed by atoms with Crippen LogP contribution in [0.4, 0.5) is 4.39 Å². The summed E-state index contributed by atoms with van der Waals surface area (Å²) >= 11 is 6.25. The lowest BCUT2D eigenvalue weighted by atomic mass is 9.93. The van der Waals surface area contributed by atoms with Crippen molar-refractivity contribution in [1.82, 2.24) is 0 Å². The molecule has 0 saturated carbocycles. The summed E-state index contributed by atoms with van der Waals surface area (Å²) in [5.41, 5.74) is 8.93. The lowest BCUT2D eigenvalue weighted by Crippen LogP contribution is -2.17. The quantitative estimate of drug-likeness (QED) is 0.885. The molecule has 0 aliphatic rings. The van der Waals surface area contributed by atoms with Crippen LogP contribution in [-0.4, -0.2) is 11.1 Å². The van der Waals surface area contributed by atoms with Gasteiger partial charge in [-0.3, -0.25) is 4.79 Å². The van der Waals surface area contributed by atoms with E-state index in [0.717, 1.165) is 16.7 Å². The number of carboxylic acids is 1. The number of nitrogens with two attached hydrogens (primary N) is 1. The van der Waals surface area contributed by atoms with Crippen molar-refractivity contribution >= 4 is 17.6 Å². The first-order chi connectivity index (χ1) is 10.3. The van der Waals surface area contributed by atoms with E-state index in [4.69, 9.17) is 22.4 Å². The van der Waals surface area contributed by atoms with Gasteiger partial charge in [0.2, 0.25) is 0 Å². The molecule has 0 radical (unpaired) electrons. The Kier molecular flexibility index (Phi) is 4.84. The summed E-state index contributed by atoms with van der Waals surface area (Å²) < 4.78 is 14.3. The molecule has 0 bridgehead atoms. The topological polar surface area (TPSA) is 63.3 Å². The van der Waals surface area contributed by atoms with Crippen LogP contribution in [0.15, 0.2) is 30.3 Å². The van der Waals surface area contributed by atoms with Gasteiger partial charge in [-0.2, -0.15) is 0 Å². The van der Waals surface area contributed by atoms with Gasteiger partial charge in [0.05, 0.1) is 6.42 Å². The second kappa shape index (κ2) is 6.46. The Labute approximate surface area is 133 Å². The first-order valence-corrected chi connectivity index (χ1v) is 7.22. The van der Waals surface area contributed by atoms with Gasteiger partial charge in [0.15, 0.2) is 0 Å². The molecular weight excluding hydrogens is 305 g/mol. The number of aliphatic carboxylic acids is 1. The van der Waals surface area contributed by atoms with Gasteiger partial charge < -0.3 is 10.8 Å². The summed E-state index contributed by atoms with van der Waals surface area (Å²) in [5, 5.41) is 9.42. The number of rotatable bonds is 4. The Morgan fingerprint density at radius 3 is 2.59 bits per heavy atom. The van der Waals surface area contributed by atoms with Crippen LogP contribution >= 0.6 is 11.6 Å². The molecule has 0 aliphatic heterocycles. The highest BCUT2D eigenvalue weighted by Crippen LogP contribution is 2.34. The van der Waals surface area contributed by atoms with E-state index in [1.54, 1.807) is 25.1 Å². The Bertz CT molecular complexity index is 711. The van der Waals surface area contributed by atoms with Crippen molar-refractivity contribution in [3.63, 3.8) is 0 Å². The van der Waals surface area contributed by atoms with E-state index in [2.05, 4.69) is 0 Å². The number of aryl methyl sites for hydroxylation is 2. The molecule has 0 amide bonds. The molecule has 5 heteroatoms. The van der Waals surface area contributed by atoms with Crippen LogP contribution in [0.2, 0.25) is 5.02 Å². The minimum absolute atomic E-state index is 0.191. The standard InChI is InChI=1S/C17H17ClFNO2/c1-9-4-3-5-13(18)16(9)11-6-10(2)17(19)12(7-11)14(20)8-15(21)22/h3-7,14H,8,20H2,1-2H3,(H,21,22)/t14-/m0/s1. The van der Waals surface area contributed by atoms with E-state index >= 15 is 0 Å². The number of hydrogen-bond acceptors (Lipinski definition) is 2. The molecule has 3 N–H and O–H groups in total. The zero-order valence-corrected chi connectivity index (χ0v) is 13.1. The van der Waals surface area contributed by atoms with Gasteiger partial charge in [-0.1, -0.05) is 23.7 Å². The van der Waals surface area contributed by atoms with Gasteiger partial charge >= 0.3 is 5.97 Å². The molecule has 116 valence electrons. The lowest BCUT2D eigenvalue weighted by molar-refractivity contribution is -0.137. The smallest absolute Gasteiger partial charge is 0.305 e. The summed E-state index contributed by atoms with van der Waals surface area (Å²) in [6, 6.07) is 7.90. The lowest BCUT2D eigenvalue weighted by Gasteiger charge is -2.16. The summed E-state index contributed by atoms with van der Waals surface area (Å²) in [5.74, 6) is -1.54. The number of carboxylic acid groups (broad SMARTS) is 1. The molecule has 22 heavy (non-hydrogen) atoms. The SMILES string of the molecule is Cc1cc(-c2c(C)cccc2Cl)cc([C@@H](N)CC(=O)O)c1F. The van der Waals surface area contributed by atoms with Crippen molar-refractivity contribution in [3.05, 3.63) is 57.9 Å². The van der Waals surface area contributed by atoms with Crippen LogP contribution in [0, 0.1) is 19.7 Å². The molecule has 2 rings (SSSR count). The second-order valence-electron chi connectivity index (χ2n) is 5.33. The predicted molar refractivity (Wildman–Crippen MR) is 85.5 cm³/mol. The number of carbonyl (C=O) groups is 1. The van der Waals surface area contributed by atoms with Crippen LogP contribution in [0.1, 0.15) is 29.2 Å². The molecule has 3 nitrogen and oxygen atoms in total. The number of halogens is 2. The second-order valence-corrected chi connectivity index (χ2v) is 5.74. The van der Waals surface area contributed by atoms with Gasteiger partial charge in [-0.25, -0.2) is 4.39 Å². The van der Waals surface area contributed by atoms with Crippen molar-refractivity contribution in [2.75, 3.05) is 0 Å². The minimum Gasteiger partial charge on any atom is -0.481 e. The molecule has 0 fully saturated rings. The zero-order chi connectivity index (χ0) is 16.4. The maximum atomic E-state index is 14.3. The average Bonchev–Trinajstić information content (AvgIpc) is 2.41. The molecule has 1 atom stereocenters. The number of hydrogen-bond donors (Lipinski definition) is 2. The van der Waals surface area contributed by atoms with Crippen LogP contribution in [0.3, 0.4) is 0 Å². The van der Waals surface area contributed by atoms with Crippen LogP contribution < -0.4 is 5.73 Å². The molecule has 2 aromatic rings. The molecule has 0 saturated heterocycles. The highest BCUT2D eigenvalue weighted by atomic mass is 35.5. The molecule has 0 spiro atoms. The van der Waals surface area contributed by atoms with Crippen molar-refractivity contribution in [2.45, 2.75) is 26.3 Å². The normalized spacial score (nSPS) is 12.2. The van der Waals surface area contributed by atoms with Crippen LogP contribution in [0.25, 0.3) is 11.1 Å². The Hall–Kier alpha value is -1.91. The van der Waals surface area contributed by atoms with Gasteiger partial charge in [0, 0.05) is 22.2 Å². The number of benzene rings is 2. The van der Waals surface area contributed by atoms with E-state index in [9.17, 15) is 9.18 Å². The zero-order valence-electron chi connectivity index (χ0n) is 12.4. The monoisotopic (exact) mass is 321 g/mol. The molecule has 0 unspecified atom stereocenters. The fraction of sp³-hybridized carbons (Fsp3) is 0.235. The third kappa shape index (κ3) is 3.29. The maximum Gasteiger partial charge on any atom is 0.305 e. The van der Waals surface area contributed by atoms with E-state index in [1.165, 1.54) is 0 Å².